The van der Waals surface area contributed by atoms with E-state index in [-0.39, 0.29) is 11.1 Å². The molecule has 0 aromatic heterocycles. The van der Waals surface area contributed by atoms with Gasteiger partial charge in [0.05, 0.1) is 11.6 Å². The second kappa shape index (κ2) is 4.13. The fourth-order valence-corrected chi connectivity index (χ4v) is 1.06. The lowest BCUT2D eigenvalue weighted by molar-refractivity contribution is -0.170. The Bertz CT molecular complexity index is 417. The SMILES string of the molecule is N#Cc1ccccc1CC(=O)C(F)(F)F. The molecule has 1 aromatic carbocycles. The van der Waals surface area contributed by atoms with Crippen molar-refractivity contribution in [2.24, 2.45) is 0 Å². The fraction of sp³-hybridized carbons (Fsp3) is 0.200. The Morgan fingerprint density at radius 3 is 2.47 bits per heavy atom. The third kappa shape index (κ3) is 2.81. The zero-order valence-corrected chi connectivity index (χ0v) is 7.51. The van der Waals surface area contributed by atoms with Crippen molar-refractivity contribution >= 4 is 5.78 Å². The summed E-state index contributed by atoms with van der Waals surface area (Å²) in [6.07, 6.45) is -5.63. The first-order valence-corrected chi connectivity index (χ1v) is 4.03. The topological polar surface area (TPSA) is 40.9 Å². The van der Waals surface area contributed by atoms with Gasteiger partial charge in [-0.3, -0.25) is 4.79 Å². The van der Waals surface area contributed by atoms with E-state index in [1.54, 1.807) is 6.07 Å². The molecule has 1 aromatic rings. The average Bonchev–Trinajstić information content (AvgIpc) is 2.17. The van der Waals surface area contributed by atoms with Crippen LogP contribution >= 0.6 is 0 Å². The Morgan fingerprint density at radius 2 is 1.93 bits per heavy atom. The van der Waals surface area contributed by atoms with Crippen molar-refractivity contribution in [1.29, 1.82) is 5.26 Å². The molecule has 15 heavy (non-hydrogen) atoms. The molecule has 0 bridgehead atoms. The summed E-state index contributed by atoms with van der Waals surface area (Å²) >= 11 is 0. The zero-order valence-electron chi connectivity index (χ0n) is 7.51. The maximum atomic E-state index is 11.9. The van der Waals surface area contributed by atoms with Crippen molar-refractivity contribution in [2.45, 2.75) is 12.6 Å². The van der Waals surface area contributed by atoms with Gasteiger partial charge in [0.25, 0.3) is 0 Å². The molecule has 0 heterocycles. The number of Topliss-reactive ketones (excluding diaryl/α,β-unsaturated/α-hetero) is 1. The number of hydrogen-bond acceptors (Lipinski definition) is 2. The summed E-state index contributed by atoms with van der Waals surface area (Å²) in [5.41, 5.74) is 0.192. The summed E-state index contributed by atoms with van der Waals surface area (Å²) < 4.78 is 35.8. The third-order valence-corrected chi connectivity index (χ3v) is 1.80. The van der Waals surface area contributed by atoms with E-state index in [0.717, 1.165) is 0 Å². The van der Waals surface area contributed by atoms with Crippen LogP contribution in [0.1, 0.15) is 11.1 Å². The Kier molecular flexibility index (Phi) is 3.10. The molecule has 5 heteroatoms. The molecular formula is C10H6F3NO. The Balaban J connectivity index is 2.92. The highest BCUT2D eigenvalue weighted by Crippen LogP contribution is 2.19. The maximum Gasteiger partial charge on any atom is 0.450 e. The fourth-order valence-electron chi connectivity index (χ4n) is 1.06. The van der Waals surface area contributed by atoms with Crippen molar-refractivity contribution in [3.05, 3.63) is 35.4 Å². The molecule has 0 aliphatic carbocycles. The summed E-state index contributed by atoms with van der Waals surface area (Å²) in [5, 5.41) is 8.59. The molecule has 0 saturated heterocycles. The highest BCUT2D eigenvalue weighted by atomic mass is 19.4. The highest BCUT2D eigenvalue weighted by Gasteiger charge is 2.37. The first kappa shape index (κ1) is 11.2. The monoisotopic (exact) mass is 213 g/mol. The van der Waals surface area contributed by atoms with Crippen LogP contribution < -0.4 is 0 Å². The number of nitrogens with zero attached hydrogens (tertiary/aromatic N) is 1. The predicted molar refractivity (Wildman–Crippen MR) is 45.9 cm³/mol. The van der Waals surface area contributed by atoms with Gasteiger partial charge in [0.2, 0.25) is 5.78 Å². The van der Waals surface area contributed by atoms with E-state index in [1.807, 2.05) is 0 Å². The molecule has 0 atom stereocenters. The summed E-state index contributed by atoms with van der Waals surface area (Å²) in [6, 6.07) is 7.46. The van der Waals surface area contributed by atoms with Crippen molar-refractivity contribution < 1.29 is 18.0 Å². The van der Waals surface area contributed by atoms with Gasteiger partial charge >= 0.3 is 6.18 Å². The minimum atomic E-state index is -4.84. The first-order chi connectivity index (χ1) is 6.95. The molecule has 0 spiro atoms. The Morgan fingerprint density at radius 1 is 1.33 bits per heavy atom. The third-order valence-electron chi connectivity index (χ3n) is 1.80. The van der Waals surface area contributed by atoms with Gasteiger partial charge in [0, 0.05) is 6.42 Å². The number of hydrogen-bond donors (Lipinski definition) is 0. The van der Waals surface area contributed by atoms with Crippen LogP contribution in [-0.4, -0.2) is 12.0 Å². The number of carbonyl (C=O) groups excluding carboxylic acids is 1. The van der Waals surface area contributed by atoms with Crippen LogP contribution in [0.25, 0.3) is 0 Å². The van der Waals surface area contributed by atoms with Gasteiger partial charge in [-0.05, 0) is 11.6 Å². The van der Waals surface area contributed by atoms with Crippen LogP contribution in [0.15, 0.2) is 24.3 Å². The number of halogens is 3. The molecular weight excluding hydrogens is 207 g/mol. The Labute approximate surface area is 83.9 Å². The predicted octanol–water partition coefficient (Wildman–Crippen LogP) is 2.23. The zero-order chi connectivity index (χ0) is 11.5. The van der Waals surface area contributed by atoms with Crippen molar-refractivity contribution in [1.82, 2.24) is 0 Å². The van der Waals surface area contributed by atoms with E-state index in [9.17, 15) is 18.0 Å². The van der Waals surface area contributed by atoms with Gasteiger partial charge in [-0.15, -0.1) is 0 Å². The lowest BCUT2D eigenvalue weighted by Gasteiger charge is -2.05. The molecule has 0 unspecified atom stereocenters. The van der Waals surface area contributed by atoms with Crippen LogP contribution in [-0.2, 0) is 11.2 Å². The standard InChI is InChI=1S/C10H6F3NO/c11-10(12,13)9(15)5-7-3-1-2-4-8(7)6-14/h1-4H,5H2. The molecule has 0 N–H and O–H groups in total. The molecule has 2 nitrogen and oxygen atoms in total. The lowest BCUT2D eigenvalue weighted by Crippen LogP contribution is -2.24. The molecule has 0 amide bonds. The number of alkyl halides is 3. The summed E-state index contributed by atoms with van der Waals surface area (Å²) in [4.78, 5) is 10.7. The number of rotatable bonds is 2. The van der Waals surface area contributed by atoms with Crippen LogP contribution in [0.4, 0.5) is 13.2 Å². The summed E-state index contributed by atoms with van der Waals surface area (Å²) in [7, 11) is 0. The van der Waals surface area contributed by atoms with Crippen molar-refractivity contribution in [3.8, 4) is 6.07 Å². The van der Waals surface area contributed by atoms with Crippen LogP contribution in [0.5, 0.6) is 0 Å². The van der Waals surface area contributed by atoms with E-state index in [1.165, 1.54) is 24.3 Å². The van der Waals surface area contributed by atoms with E-state index in [4.69, 9.17) is 5.26 Å². The van der Waals surface area contributed by atoms with Gasteiger partial charge in [0.15, 0.2) is 0 Å². The van der Waals surface area contributed by atoms with Crippen LogP contribution in [0.3, 0.4) is 0 Å². The molecule has 0 radical (unpaired) electrons. The van der Waals surface area contributed by atoms with Gasteiger partial charge in [-0.1, -0.05) is 18.2 Å². The normalized spacial score (nSPS) is 10.8. The second-order valence-corrected chi connectivity index (χ2v) is 2.87. The first-order valence-electron chi connectivity index (χ1n) is 4.03. The van der Waals surface area contributed by atoms with Gasteiger partial charge in [-0.25, -0.2) is 0 Å². The number of nitriles is 1. The van der Waals surface area contributed by atoms with Gasteiger partial charge in [0.1, 0.15) is 0 Å². The molecule has 0 aliphatic rings. The van der Waals surface area contributed by atoms with E-state index < -0.39 is 18.4 Å². The molecule has 0 aliphatic heterocycles. The van der Waals surface area contributed by atoms with E-state index >= 15 is 0 Å². The van der Waals surface area contributed by atoms with Crippen LogP contribution in [0.2, 0.25) is 0 Å². The molecule has 1 rings (SSSR count). The quantitative estimate of drug-likeness (QED) is 0.755. The number of ketones is 1. The summed E-state index contributed by atoms with van der Waals surface area (Å²) in [5.74, 6) is -1.84. The van der Waals surface area contributed by atoms with Crippen LogP contribution in [0, 0.1) is 11.3 Å². The largest absolute Gasteiger partial charge is 0.450 e. The Hall–Kier alpha value is -1.83. The number of benzene rings is 1. The van der Waals surface area contributed by atoms with Gasteiger partial charge in [-0.2, -0.15) is 18.4 Å². The van der Waals surface area contributed by atoms with E-state index in [0.29, 0.717) is 0 Å². The van der Waals surface area contributed by atoms with Gasteiger partial charge < -0.3 is 0 Å². The van der Waals surface area contributed by atoms with E-state index in [2.05, 4.69) is 0 Å². The molecule has 0 saturated carbocycles. The van der Waals surface area contributed by atoms with Crippen molar-refractivity contribution in [3.63, 3.8) is 0 Å². The average molecular weight is 213 g/mol. The number of carbonyl (C=O) groups is 1. The minimum Gasteiger partial charge on any atom is -0.289 e. The minimum absolute atomic E-state index is 0.0927. The van der Waals surface area contributed by atoms with Crippen molar-refractivity contribution in [2.75, 3.05) is 0 Å². The molecule has 78 valence electrons. The molecule has 0 fully saturated rings. The maximum absolute atomic E-state index is 11.9. The summed E-state index contributed by atoms with van der Waals surface area (Å²) in [6.45, 7) is 0. The highest BCUT2D eigenvalue weighted by molar-refractivity contribution is 5.86. The lowest BCUT2D eigenvalue weighted by atomic mass is 10.0. The second-order valence-electron chi connectivity index (χ2n) is 2.87. The smallest absolute Gasteiger partial charge is 0.289 e.